The van der Waals surface area contributed by atoms with E-state index in [1.807, 2.05) is 52.8 Å². The Bertz CT molecular complexity index is 1350. The number of likely N-dealkylation sites (tertiary alicyclic amines) is 1. The molecule has 5 nitrogen and oxygen atoms in total. The molecule has 0 saturated carbocycles. The fraction of sp³-hybridized carbons (Fsp3) is 0.471. The van der Waals surface area contributed by atoms with E-state index in [2.05, 4.69) is 41.3 Å². The number of Topliss-reactive ketones (excluding diaryl/α,β-unsaturated/α-hetero) is 1. The van der Waals surface area contributed by atoms with Crippen molar-refractivity contribution in [3.63, 3.8) is 0 Å². The fourth-order valence-corrected chi connectivity index (χ4v) is 6.59. The first-order valence-corrected chi connectivity index (χ1v) is 15.5. The number of aryl methyl sites for hydroxylation is 3. The highest BCUT2D eigenvalue weighted by Crippen LogP contribution is 2.35. The van der Waals surface area contributed by atoms with Crippen LogP contribution in [0.3, 0.4) is 0 Å². The summed E-state index contributed by atoms with van der Waals surface area (Å²) in [6, 6.07) is 18.4. The highest BCUT2D eigenvalue weighted by Gasteiger charge is 2.38. The van der Waals surface area contributed by atoms with Gasteiger partial charge in [-0.1, -0.05) is 54.1 Å². The lowest BCUT2D eigenvalue weighted by atomic mass is 9.86. The molecular formula is C34H42ClNO4S. The molecule has 0 bridgehead atoms. The van der Waals surface area contributed by atoms with Crippen LogP contribution >= 0.6 is 22.9 Å². The van der Waals surface area contributed by atoms with E-state index in [4.69, 9.17) is 21.1 Å². The second-order valence-corrected chi connectivity index (χ2v) is 14.4. The highest BCUT2D eigenvalue weighted by atomic mass is 35.5. The number of ketones is 1. The van der Waals surface area contributed by atoms with Gasteiger partial charge in [-0.2, -0.15) is 0 Å². The lowest BCUT2D eigenvalue weighted by molar-refractivity contribution is -0.171. The van der Waals surface area contributed by atoms with Crippen LogP contribution in [0.15, 0.2) is 54.6 Å². The molecule has 2 atom stereocenters. The number of ether oxygens (including phenoxy) is 2. The maximum absolute atomic E-state index is 13.6. The quantitative estimate of drug-likeness (QED) is 0.175. The van der Waals surface area contributed by atoms with Crippen LogP contribution in [-0.4, -0.2) is 40.9 Å². The SMILES string of the molecule is Cc1cc(CC[C@H]2CN(Cc3ccccc3)C[C@@H]2C(=O)c2ccc(Cl)s2)cc(C)c1OC(C)(C)C(=O)OC(C)(C)C. The maximum atomic E-state index is 13.6. The van der Waals surface area contributed by atoms with Crippen LogP contribution in [0.5, 0.6) is 5.75 Å². The zero-order valence-corrected chi connectivity index (χ0v) is 26.8. The number of halogens is 1. The van der Waals surface area contributed by atoms with Crippen molar-refractivity contribution in [2.75, 3.05) is 13.1 Å². The summed E-state index contributed by atoms with van der Waals surface area (Å²) in [6.45, 7) is 15.5. The molecule has 1 aliphatic heterocycles. The number of thiophene rings is 1. The highest BCUT2D eigenvalue weighted by molar-refractivity contribution is 7.18. The average molecular weight is 596 g/mol. The molecule has 2 aromatic carbocycles. The van der Waals surface area contributed by atoms with Gasteiger partial charge in [0.15, 0.2) is 11.4 Å². The topological polar surface area (TPSA) is 55.8 Å². The van der Waals surface area contributed by atoms with Gasteiger partial charge in [0.05, 0.1) is 9.21 Å². The number of rotatable bonds is 10. The predicted molar refractivity (Wildman–Crippen MR) is 167 cm³/mol. The molecule has 0 unspecified atom stereocenters. The molecule has 0 spiro atoms. The van der Waals surface area contributed by atoms with Gasteiger partial charge in [0, 0.05) is 25.6 Å². The number of hydrogen-bond donors (Lipinski definition) is 0. The van der Waals surface area contributed by atoms with E-state index in [0.29, 0.717) is 10.1 Å². The second-order valence-electron chi connectivity index (χ2n) is 12.7. The summed E-state index contributed by atoms with van der Waals surface area (Å²) >= 11 is 7.54. The summed E-state index contributed by atoms with van der Waals surface area (Å²) in [4.78, 5) is 29.5. The van der Waals surface area contributed by atoms with Gasteiger partial charge < -0.3 is 9.47 Å². The van der Waals surface area contributed by atoms with Gasteiger partial charge in [-0.05, 0) is 102 Å². The number of carbonyl (C=O) groups excluding carboxylic acids is 2. The lowest BCUT2D eigenvalue weighted by Crippen LogP contribution is -2.43. The third-order valence-electron chi connectivity index (χ3n) is 7.49. The summed E-state index contributed by atoms with van der Waals surface area (Å²) in [5.74, 6) is 0.699. The summed E-state index contributed by atoms with van der Waals surface area (Å²) in [5, 5.41) is 0. The first-order chi connectivity index (χ1) is 19.2. The molecule has 0 radical (unpaired) electrons. The van der Waals surface area contributed by atoms with Crippen LogP contribution in [0.4, 0.5) is 0 Å². The number of benzene rings is 2. The Morgan fingerprint density at radius 1 is 0.951 bits per heavy atom. The van der Waals surface area contributed by atoms with Crippen LogP contribution in [0.25, 0.3) is 0 Å². The third kappa shape index (κ3) is 8.21. The molecule has 7 heteroatoms. The Morgan fingerprint density at radius 3 is 2.20 bits per heavy atom. The Morgan fingerprint density at radius 2 is 1.61 bits per heavy atom. The molecule has 1 aromatic heterocycles. The van der Waals surface area contributed by atoms with E-state index in [1.54, 1.807) is 13.8 Å². The van der Waals surface area contributed by atoms with Gasteiger partial charge in [-0.15, -0.1) is 11.3 Å². The molecule has 3 aromatic rings. The smallest absolute Gasteiger partial charge is 0.350 e. The van der Waals surface area contributed by atoms with Gasteiger partial charge in [-0.25, -0.2) is 4.79 Å². The zero-order valence-electron chi connectivity index (χ0n) is 25.3. The first kappa shape index (κ1) is 31.3. The van der Waals surface area contributed by atoms with E-state index in [-0.39, 0.29) is 17.6 Å². The minimum absolute atomic E-state index is 0.0622. The number of carbonyl (C=O) groups is 2. The minimum atomic E-state index is -1.12. The van der Waals surface area contributed by atoms with Crippen molar-refractivity contribution >= 4 is 34.7 Å². The van der Waals surface area contributed by atoms with Gasteiger partial charge in [0.1, 0.15) is 11.4 Å². The van der Waals surface area contributed by atoms with Crippen molar-refractivity contribution in [1.82, 2.24) is 4.90 Å². The van der Waals surface area contributed by atoms with Gasteiger partial charge in [-0.3, -0.25) is 9.69 Å². The minimum Gasteiger partial charge on any atom is -0.476 e. The summed E-state index contributed by atoms with van der Waals surface area (Å²) < 4.78 is 12.5. The third-order valence-corrected chi connectivity index (χ3v) is 8.74. The normalized spacial score (nSPS) is 18.0. The first-order valence-electron chi connectivity index (χ1n) is 14.3. The molecule has 41 heavy (non-hydrogen) atoms. The van der Waals surface area contributed by atoms with Crippen LogP contribution in [0.2, 0.25) is 4.34 Å². The molecule has 1 saturated heterocycles. The Labute approximate surface area is 253 Å². The molecule has 1 aliphatic rings. The maximum Gasteiger partial charge on any atom is 0.350 e. The van der Waals surface area contributed by atoms with Crippen LogP contribution in [0, 0.1) is 25.7 Å². The van der Waals surface area contributed by atoms with Crippen molar-refractivity contribution in [2.24, 2.45) is 11.8 Å². The van der Waals surface area contributed by atoms with Crippen LogP contribution in [0.1, 0.15) is 73.0 Å². The van der Waals surface area contributed by atoms with Gasteiger partial charge in [0.25, 0.3) is 0 Å². The van der Waals surface area contributed by atoms with Crippen molar-refractivity contribution in [2.45, 2.75) is 79.1 Å². The predicted octanol–water partition coefficient (Wildman–Crippen LogP) is 8.08. The second kappa shape index (κ2) is 12.7. The van der Waals surface area contributed by atoms with Crippen molar-refractivity contribution < 1.29 is 19.1 Å². The molecular weight excluding hydrogens is 554 g/mol. The van der Waals surface area contributed by atoms with E-state index >= 15 is 0 Å². The van der Waals surface area contributed by atoms with Gasteiger partial charge >= 0.3 is 5.97 Å². The molecule has 2 heterocycles. The number of nitrogens with zero attached hydrogens (tertiary/aromatic N) is 1. The Hall–Kier alpha value is -2.67. The van der Waals surface area contributed by atoms with E-state index in [1.165, 1.54) is 22.5 Å². The molecule has 0 aliphatic carbocycles. The Kier molecular flexibility index (Phi) is 9.67. The van der Waals surface area contributed by atoms with Crippen molar-refractivity contribution in [1.29, 1.82) is 0 Å². The largest absolute Gasteiger partial charge is 0.476 e. The number of hydrogen-bond acceptors (Lipinski definition) is 6. The average Bonchev–Trinajstić information content (AvgIpc) is 3.50. The van der Waals surface area contributed by atoms with Crippen LogP contribution < -0.4 is 4.74 Å². The molecule has 0 N–H and O–H groups in total. The van der Waals surface area contributed by atoms with Gasteiger partial charge in [0.2, 0.25) is 0 Å². The van der Waals surface area contributed by atoms with Crippen molar-refractivity contribution in [3.8, 4) is 5.75 Å². The van der Waals surface area contributed by atoms with Crippen LogP contribution in [-0.2, 0) is 22.5 Å². The summed E-state index contributed by atoms with van der Waals surface area (Å²) in [7, 11) is 0. The molecule has 0 amide bonds. The molecule has 4 rings (SSSR count). The lowest BCUT2D eigenvalue weighted by Gasteiger charge is -2.30. The van der Waals surface area contributed by atoms with Crippen molar-refractivity contribution in [3.05, 3.63) is 86.1 Å². The molecule has 1 fully saturated rings. The number of esters is 1. The standard InChI is InChI=1S/C34H42ClNO4S/c1-22-17-25(18-23(2)31(22)39-34(6,7)32(38)40-33(3,4)5)13-14-26-20-36(19-24-11-9-8-10-12-24)21-27(26)30(37)28-15-16-29(35)41-28/h8-12,15-18,26-27H,13-14,19-21H2,1-7H3/t26-,27-/m0/s1. The summed E-state index contributed by atoms with van der Waals surface area (Å²) in [5.41, 5.74) is 2.72. The fourth-order valence-electron chi connectivity index (χ4n) is 5.55. The zero-order chi connectivity index (χ0) is 29.9. The Balaban J connectivity index is 1.47. The summed E-state index contributed by atoms with van der Waals surface area (Å²) in [6.07, 6.45) is 1.76. The molecule has 220 valence electrons. The monoisotopic (exact) mass is 595 g/mol. The van der Waals surface area contributed by atoms with E-state index < -0.39 is 17.2 Å². The van der Waals surface area contributed by atoms with E-state index in [9.17, 15) is 9.59 Å². The van der Waals surface area contributed by atoms with E-state index in [0.717, 1.165) is 48.5 Å².